The lowest BCUT2D eigenvalue weighted by Crippen LogP contribution is -2.22. The van der Waals surface area contributed by atoms with Crippen LogP contribution < -0.4 is 0 Å². The minimum atomic E-state index is 0.317. The van der Waals surface area contributed by atoms with E-state index in [-0.39, 0.29) is 0 Å². The Morgan fingerprint density at radius 1 is 1.60 bits per heavy atom. The van der Waals surface area contributed by atoms with Crippen LogP contribution in [0.1, 0.15) is 17.7 Å². The average molecular weight is 206 g/mol. The van der Waals surface area contributed by atoms with Crippen LogP contribution in [0.25, 0.3) is 0 Å². The predicted molar refractivity (Wildman–Crippen MR) is 59.4 cm³/mol. The monoisotopic (exact) mass is 206 g/mol. The summed E-state index contributed by atoms with van der Waals surface area (Å²) >= 11 is 0. The fourth-order valence-electron chi connectivity index (χ4n) is 2.10. The molecule has 1 N–H and O–H groups in total. The van der Waals surface area contributed by atoms with Crippen LogP contribution in [0.4, 0.5) is 0 Å². The first kappa shape index (κ1) is 10.6. The van der Waals surface area contributed by atoms with Gasteiger partial charge in [-0.1, -0.05) is 6.07 Å². The molecule has 15 heavy (non-hydrogen) atoms. The zero-order valence-corrected chi connectivity index (χ0v) is 9.19. The molecule has 2 heterocycles. The van der Waals surface area contributed by atoms with Gasteiger partial charge in [0, 0.05) is 25.9 Å². The first-order chi connectivity index (χ1) is 7.29. The van der Waals surface area contributed by atoms with E-state index < -0.39 is 0 Å². The number of pyridine rings is 1. The quantitative estimate of drug-likeness (QED) is 0.807. The molecule has 0 aromatic carbocycles. The van der Waals surface area contributed by atoms with Gasteiger partial charge in [0.1, 0.15) is 0 Å². The molecule has 0 spiro atoms. The van der Waals surface area contributed by atoms with E-state index in [1.807, 2.05) is 12.3 Å². The van der Waals surface area contributed by atoms with Gasteiger partial charge in [-0.25, -0.2) is 0 Å². The van der Waals surface area contributed by atoms with E-state index in [0.29, 0.717) is 12.5 Å². The summed E-state index contributed by atoms with van der Waals surface area (Å²) in [5.74, 6) is 0.467. The van der Waals surface area contributed by atoms with E-state index in [9.17, 15) is 0 Å². The summed E-state index contributed by atoms with van der Waals surface area (Å²) in [6.07, 6.45) is 2.96. The van der Waals surface area contributed by atoms with E-state index in [4.69, 9.17) is 5.11 Å². The Balaban J connectivity index is 1.96. The van der Waals surface area contributed by atoms with Crippen molar-refractivity contribution in [2.45, 2.75) is 19.9 Å². The second-order valence-electron chi connectivity index (χ2n) is 4.34. The largest absolute Gasteiger partial charge is 0.396 e. The number of hydrogen-bond donors (Lipinski definition) is 1. The predicted octanol–water partition coefficient (Wildman–Crippen LogP) is 1.20. The van der Waals surface area contributed by atoms with Gasteiger partial charge in [-0.05, 0) is 37.4 Å². The Hall–Kier alpha value is -0.930. The highest BCUT2D eigenvalue weighted by molar-refractivity contribution is 5.17. The van der Waals surface area contributed by atoms with E-state index in [1.165, 1.54) is 5.56 Å². The summed E-state index contributed by atoms with van der Waals surface area (Å²) in [4.78, 5) is 6.76. The van der Waals surface area contributed by atoms with Gasteiger partial charge in [-0.2, -0.15) is 0 Å². The average Bonchev–Trinajstić information content (AvgIpc) is 2.69. The van der Waals surface area contributed by atoms with Crippen LogP contribution in [-0.2, 0) is 6.54 Å². The molecule has 1 saturated heterocycles. The molecule has 3 nitrogen and oxygen atoms in total. The number of nitrogens with zero attached hydrogens (tertiary/aromatic N) is 2. The van der Waals surface area contributed by atoms with Crippen LogP contribution >= 0.6 is 0 Å². The molecule has 1 unspecified atom stereocenters. The van der Waals surface area contributed by atoms with E-state index in [1.54, 1.807) is 0 Å². The second kappa shape index (κ2) is 4.73. The number of aliphatic hydroxyl groups is 1. The van der Waals surface area contributed by atoms with Crippen molar-refractivity contribution in [1.29, 1.82) is 0 Å². The molecule has 82 valence electrons. The molecule has 1 fully saturated rings. The van der Waals surface area contributed by atoms with Crippen molar-refractivity contribution < 1.29 is 5.11 Å². The third-order valence-electron chi connectivity index (χ3n) is 3.12. The van der Waals surface area contributed by atoms with E-state index in [2.05, 4.69) is 22.9 Å². The topological polar surface area (TPSA) is 36.4 Å². The van der Waals surface area contributed by atoms with Crippen molar-refractivity contribution >= 4 is 0 Å². The molecule has 1 aliphatic rings. The zero-order chi connectivity index (χ0) is 10.7. The molecule has 2 rings (SSSR count). The molecule has 0 amide bonds. The molecule has 3 heteroatoms. The number of likely N-dealkylation sites (tertiary alicyclic amines) is 1. The van der Waals surface area contributed by atoms with Crippen LogP contribution in [0.2, 0.25) is 0 Å². The fourth-order valence-corrected chi connectivity index (χ4v) is 2.10. The maximum Gasteiger partial charge on any atom is 0.0573 e. The van der Waals surface area contributed by atoms with Gasteiger partial charge >= 0.3 is 0 Å². The van der Waals surface area contributed by atoms with Crippen LogP contribution in [0.5, 0.6) is 0 Å². The molecule has 1 aromatic rings. The van der Waals surface area contributed by atoms with Gasteiger partial charge in [0.05, 0.1) is 5.69 Å². The van der Waals surface area contributed by atoms with Crippen LogP contribution in [0.15, 0.2) is 18.3 Å². The van der Waals surface area contributed by atoms with Crippen molar-refractivity contribution in [1.82, 2.24) is 9.88 Å². The van der Waals surface area contributed by atoms with Crippen LogP contribution in [-0.4, -0.2) is 34.7 Å². The lowest BCUT2D eigenvalue weighted by Gasteiger charge is -2.15. The van der Waals surface area contributed by atoms with Crippen LogP contribution in [0, 0.1) is 12.8 Å². The van der Waals surface area contributed by atoms with Gasteiger partial charge in [0.2, 0.25) is 0 Å². The molecule has 1 atom stereocenters. The third kappa shape index (κ3) is 2.55. The minimum absolute atomic E-state index is 0.317. The number of rotatable bonds is 3. The molecular formula is C12H18N2O. The first-order valence-electron chi connectivity index (χ1n) is 5.53. The van der Waals surface area contributed by atoms with Crippen molar-refractivity contribution in [2.75, 3.05) is 19.7 Å². The maximum absolute atomic E-state index is 9.06. The van der Waals surface area contributed by atoms with E-state index in [0.717, 1.165) is 31.7 Å². The molecule has 1 aromatic heterocycles. The number of aliphatic hydroxyl groups excluding tert-OH is 1. The van der Waals surface area contributed by atoms with Gasteiger partial charge in [0.15, 0.2) is 0 Å². The summed E-state index contributed by atoms with van der Waals surface area (Å²) in [6, 6.07) is 4.07. The molecule has 1 aliphatic heterocycles. The lowest BCUT2D eigenvalue weighted by atomic mass is 10.1. The Morgan fingerprint density at radius 3 is 3.13 bits per heavy atom. The Kier molecular flexibility index (Phi) is 3.34. The highest BCUT2D eigenvalue weighted by Crippen LogP contribution is 2.18. The number of aryl methyl sites for hydroxylation is 1. The molecule has 0 radical (unpaired) electrons. The smallest absolute Gasteiger partial charge is 0.0573 e. The van der Waals surface area contributed by atoms with Gasteiger partial charge in [-0.3, -0.25) is 9.88 Å². The highest BCUT2D eigenvalue weighted by atomic mass is 16.3. The van der Waals surface area contributed by atoms with E-state index >= 15 is 0 Å². The van der Waals surface area contributed by atoms with Crippen molar-refractivity contribution in [3.05, 3.63) is 29.6 Å². The Labute approximate surface area is 90.8 Å². The van der Waals surface area contributed by atoms with Gasteiger partial charge in [-0.15, -0.1) is 0 Å². The zero-order valence-electron chi connectivity index (χ0n) is 9.19. The normalized spacial score (nSPS) is 22.1. The SMILES string of the molecule is Cc1cccnc1CN1CCC(CO)C1. The van der Waals surface area contributed by atoms with Gasteiger partial charge < -0.3 is 5.11 Å². The molecule has 0 saturated carbocycles. The standard InChI is InChI=1S/C12H18N2O/c1-10-3-2-5-13-12(10)8-14-6-4-11(7-14)9-15/h2-3,5,11,15H,4,6-9H2,1H3. The Morgan fingerprint density at radius 2 is 2.47 bits per heavy atom. The fraction of sp³-hybridized carbons (Fsp3) is 0.583. The summed E-state index contributed by atoms with van der Waals surface area (Å²) < 4.78 is 0. The third-order valence-corrected chi connectivity index (χ3v) is 3.12. The summed E-state index contributed by atoms with van der Waals surface area (Å²) in [5.41, 5.74) is 2.42. The number of aromatic nitrogens is 1. The van der Waals surface area contributed by atoms with Crippen molar-refractivity contribution in [3.8, 4) is 0 Å². The highest BCUT2D eigenvalue weighted by Gasteiger charge is 2.22. The molecule has 0 bridgehead atoms. The minimum Gasteiger partial charge on any atom is -0.396 e. The van der Waals surface area contributed by atoms with Crippen molar-refractivity contribution in [3.63, 3.8) is 0 Å². The molecular weight excluding hydrogens is 188 g/mol. The number of hydrogen-bond acceptors (Lipinski definition) is 3. The molecule has 0 aliphatic carbocycles. The van der Waals surface area contributed by atoms with Gasteiger partial charge in [0.25, 0.3) is 0 Å². The van der Waals surface area contributed by atoms with Crippen molar-refractivity contribution in [2.24, 2.45) is 5.92 Å². The summed E-state index contributed by atoms with van der Waals surface area (Å²) in [5, 5.41) is 9.06. The van der Waals surface area contributed by atoms with Crippen LogP contribution in [0.3, 0.4) is 0 Å². The Bertz CT molecular complexity index is 327. The maximum atomic E-state index is 9.06. The summed E-state index contributed by atoms with van der Waals surface area (Å²) in [7, 11) is 0. The summed E-state index contributed by atoms with van der Waals surface area (Å²) in [6.45, 7) is 5.43. The lowest BCUT2D eigenvalue weighted by molar-refractivity contribution is 0.219. The first-order valence-corrected chi connectivity index (χ1v) is 5.53. The second-order valence-corrected chi connectivity index (χ2v) is 4.34.